The molecule has 2 fully saturated rings. The fraction of sp³-hybridized carbons (Fsp3) is 0.407. The van der Waals surface area contributed by atoms with Gasteiger partial charge in [0.05, 0.1) is 11.0 Å². The molecule has 4 N–H and O–H groups in total. The predicted molar refractivity (Wildman–Crippen MR) is 139 cm³/mol. The monoisotopic (exact) mass is 538 g/mol. The van der Waals surface area contributed by atoms with Gasteiger partial charge in [-0.25, -0.2) is 0 Å². The first-order chi connectivity index (χ1) is 18.8. The van der Waals surface area contributed by atoms with Crippen LogP contribution in [0.3, 0.4) is 0 Å². The molecule has 2 aromatic carbocycles. The van der Waals surface area contributed by atoms with Crippen LogP contribution in [0.15, 0.2) is 47.0 Å². The summed E-state index contributed by atoms with van der Waals surface area (Å²) in [5.41, 5.74) is -0.0298. The number of aliphatic hydroxyl groups excluding tert-OH is 1. The summed E-state index contributed by atoms with van der Waals surface area (Å²) in [5, 5.41) is 48.1. The molecule has 0 unspecified atom stereocenters. The van der Waals surface area contributed by atoms with Crippen molar-refractivity contribution in [3.05, 3.63) is 58.3 Å². The number of amides is 1. The number of nitro benzene ring substituents is 1. The van der Waals surface area contributed by atoms with Gasteiger partial charge in [-0.05, 0) is 50.7 Å². The minimum atomic E-state index is -0.539. The third kappa shape index (κ3) is 6.13. The molecule has 0 bridgehead atoms. The molecular weight excluding hydrogens is 508 g/mol. The number of carbonyl (C=O) groups excluding carboxylic acids is 1. The van der Waals surface area contributed by atoms with E-state index in [9.17, 15) is 30.2 Å². The summed E-state index contributed by atoms with van der Waals surface area (Å²) in [6.07, 6.45) is 5.11. The number of nitrogens with zero attached hydrogens (tertiary/aromatic N) is 3. The molecule has 0 radical (unpaired) electrons. The van der Waals surface area contributed by atoms with Crippen LogP contribution in [0.4, 0.5) is 5.69 Å². The van der Waals surface area contributed by atoms with Gasteiger partial charge < -0.3 is 34.8 Å². The number of ether oxygens (including phenoxy) is 1. The highest BCUT2D eigenvalue weighted by Gasteiger charge is 2.30. The van der Waals surface area contributed by atoms with Gasteiger partial charge in [0, 0.05) is 55.5 Å². The van der Waals surface area contributed by atoms with E-state index in [0.29, 0.717) is 6.04 Å². The lowest BCUT2D eigenvalue weighted by atomic mass is 9.90. The van der Waals surface area contributed by atoms with Gasteiger partial charge in [-0.15, -0.1) is 0 Å². The van der Waals surface area contributed by atoms with Crippen molar-refractivity contribution >= 4 is 11.6 Å². The van der Waals surface area contributed by atoms with Crippen molar-refractivity contribution in [2.24, 2.45) is 0 Å². The maximum Gasteiger partial charge on any atom is 0.273 e. The molecule has 39 heavy (non-hydrogen) atoms. The number of aromatic nitrogens is 1. The van der Waals surface area contributed by atoms with Crippen molar-refractivity contribution in [2.75, 3.05) is 13.1 Å². The zero-order chi connectivity index (χ0) is 27.5. The number of rotatable bonds is 7. The highest BCUT2D eigenvalue weighted by Crippen LogP contribution is 2.43. The number of phenolic OH excluding ortho intramolecular Hbond substituents is 2. The molecule has 0 atom stereocenters. The Hall–Kier alpha value is -4.16. The Bertz CT molecular complexity index is 1330. The van der Waals surface area contributed by atoms with Gasteiger partial charge >= 0.3 is 0 Å². The summed E-state index contributed by atoms with van der Waals surface area (Å²) < 4.78 is 11.1. The minimum absolute atomic E-state index is 0.00654. The molecule has 1 saturated heterocycles. The van der Waals surface area contributed by atoms with Crippen molar-refractivity contribution in [1.82, 2.24) is 15.4 Å². The molecule has 2 aliphatic rings. The second-order valence-corrected chi connectivity index (χ2v) is 10.0. The number of phenols is 2. The Balaban J connectivity index is 1.25. The van der Waals surface area contributed by atoms with Crippen LogP contribution in [0.1, 0.15) is 49.0 Å². The van der Waals surface area contributed by atoms with Gasteiger partial charge in [0.2, 0.25) is 0 Å². The number of nitrogens with one attached hydrogen (secondary N) is 1. The van der Waals surface area contributed by atoms with E-state index in [2.05, 4.69) is 15.4 Å². The smallest absolute Gasteiger partial charge is 0.273 e. The van der Waals surface area contributed by atoms with Gasteiger partial charge in [0.15, 0.2) is 11.5 Å². The van der Waals surface area contributed by atoms with Crippen LogP contribution in [0.25, 0.3) is 11.3 Å². The molecule has 206 valence electrons. The molecule has 1 aliphatic carbocycles. The lowest BCUT2D eigenvalue weighted by Crippen LogP contribution is -2.49. The zero-order valence-electron chi connectivity index (χ0n) is 21.2. The standard InChI is InChI=1S/C27H30N4O8/c32-19-5-1-17(2-6-19)30-11-9-16(10-12-30)28-27(35)22-15-25(39-29-22)26-23(34)13-20(33)14-24(26)38-21-7-3-18(4-8-21)31(36)37/h3-4,7-8,13-17,19,32-34H,1-2,5-6,9-12H2,(H,28,35). The normalized spacial score (nSPS) is 20.4. The molecule has 1 aromatic heterocycles. The van der Waals surface area contributed by atoms with Crippen molar-refractivity contribution < 1.29 is 34.3 Å². The van der Waals surface area contributed by atoms with Gasteiger partial charge in [0.1, 0.15) is 28.6 Å². The quantitative estimate of drug-likeness (QED) is 0.255. The summed E-state index contributed by atoms with van der Waals surface area (Å²) in [6, 6.07) is 9.50. The number of hydrogen-bond acceptors (Lipinski definition) is 10. The van der Waals surface area contributed by atoms with E-state index >= 15 is 0 Å². The average Bonchev–Trinajstić information content (AvgIpc) is 3.39. The molecule has 1 aliphatic heterocycles. The van der Waals surface area contributed by atoms with Crippen LogP contribution >= 0.6 is 0 Å². The highest BCUT2D eigenvalue weighted by molar-refractivity contribution is 5.93. The molecule has 1 saturated carbocycles. The summed E-state index contributed by atoms with van der Waals surface area (Å²) in [5.74, 6) is -0.768. The van der Waals surface area contributed by atoms with Gasteiger partial charge in [0.25, 0.3) is 11.6 Å². The Labute approximate surface area is 223 Å². The van der Waals surface area contributed by atoms with Crippen molar-refractivity contribution in [3.63, 3.8) is 0 Å². The average molecular weight is 539 g/mol. The van der Waals surface area contributed by atoms with E-state index in [0.717, 1.165) is 57.7 Å². The highest BCUT2D eigenvalue weighted by atomic mass is 16.6. The minimum Gasteiger partial charge on any atom is -0.508 e. The first kappa shape index (κ1) is 26.4. The first-order valence-corrected chi connectivity index (χ1v) is 12.9. The van der Waals surface area contributed by atoms with Crippen molar-refractivity contribution in [3.8, 4) is 34.3 Å². The van der Waals surface area contributed by atoms with E-state index < -0.39 is 10.8 Å². The molecule has 12 nitrogen and oxygen atoms in total. The maximum absolute atomic E-state index is 12.9. The Morgan fingerprint density at radius 3 is 2.41 bits per heavy atom. The molecule has 1 amide bonds. The lowest BCUT2D eigenvalue weighted by Gasteiger charge is -2.40. The fourth-order valence-electron chi connectivity index (χ4n) is 5.27. The van der Waals surface area contributed by atoms with Gasteiger partial charge in [-0.2, -0.15) is 0 Å². The van der Waals surface area contributed by atoms with E-state index in [1.807, 2.05) is 0 Å². The molecule has 0 spiro atoms. The maximum atomic E-state index is 12.9. The predicted octanol–water partition coefficient (Wildman–Crippen LogP) is 3.95. The number of non-ortho nitro benzene ring substituents is 1. The third-order valence-corrected chi connectivity index (χ3v) is 7.38. The molecule has 5 rings (SSSR count). The summed E-state index contributed by atoms with van der Waals surface area (Å²) >= 11 is 0. The van der Waals surface area contributed by atoms with Crippen LogP contribution in [-0.2, 0) is 0 Å². The number of hydrogen-bond donors (Lipinski definition) is 4. The number of piperidine rings is 1. The number of aromatic hydroxyl groups is 2. The van der Waals surface area contributed by atoms with Crippen LogP contribution in [0.5, 0.6) is 23.0 Å². The van der Waals surface area contributed by atoms with Crippen molar-refractivity contribution in [2.45, 2.75) is 56.7 Å². The number of benzene rings is 2. The van der Waals surface area contributed by atoms with Crippen molar-refractivity contribution in [1.29, 1.82) is 0 Å². The Morgan fingerprint density at radius 2 is 1.74 bits per heavy atom. The summed E-state index contributed by atoms with van der Waals surface area (Å²) in [7, 11) is 0. The number of nitro groups is 1. The molecule has 2 heterocycles. The fourth-order valence-corrected chi connectivity index (χ4v) is 5.27. The Morgan fingerprint density at radius 1 is 1.05 bits per heavy atom. The topological polar surface area (TPSA) is 171 Å². The van der Waals surface area contributed by atoms with E-state index in [1.54, 1.807) is 0 Å². The third-order valence-electron chi connectivity index (χ3n) is 7.38. The molecule has 3 aromatic rings. The van der Waals surface area contributed by atoms with E-state index in [-0.39, 0.29) is 57.8 Å². The lowest BCUT2D eigenvalue weighted by molar-refractivity contribution is -0.384. The van der Waals surface area contributed by atoms with Crippen LogP contribution in [0, 0.1) is 10.1 Å². The summed E-state index contributed by atoms with van der Waals surface area (Å²) in [6.45, 7) is 1.75. The zero-order valence-corrected chi connectivity index (χ0v) is 21.2. The number of carbonyl (C=O) groups is 1. The van der Waals surface area contributed by atoms with E-state index in [1.165, 1.54) is 36.4 Å². The summed E-state index contributed by atoms with van der Waals surface area (Å²) in [4.78, 5) is 25.7. The number of likely N-dealkylation sites (tertiary alicyclic amines) is 1. The Kier molecular flexibility index (Phi) is 7.66. The van der Waals surface area contributed by atoms with E-state index in [4.69, 9.17) is 9.26 Å². The first-order valence-electron chi connectivity index (χ1n) is 12.9. The van der Waals surface area contributed by atoms with Gasteiger partial charge in [-0.1, -0.05) is 5.16 Å². The molecule has 12 heteroatoms. The van der Waals surface area contributed by atoms with Crippen LogP contribution in [-0.4, -0.2) is 67.5 Å². The second-order valence-electron chi connectivity index (χ2n) is 10.0. The van der Waals surface area contributed by atoms with Gasteiger partial charge in [-0.3, -0.25) is 14.9 Å². The van der Waals surface area contributed by atoms with Crippen LogP contribution in [0.2, 0.25) is 0 Å². The second kappa shape index (κ2) is 11.3. The van der Waals surface area contributed by atoms with Crippen LogP contribution < -0.4 is 10.1 Å². The molecular formula is C27H30N4O8. The number of aliphatic hydroxyl groups is 1. The SMILES string of the molecule is O=C(NC1CCN(C2CCC(O)CC2)CC1)c1cc(-c2c(O)cc(O)cc2Oc2ccc([N+](=O)[O-])cc2)on1. The largest absolute Gasteiger partial charge is 0.508 e.